The second-order valence-electron chi connectivity index (χ2n) is 6.64. The highest BCUT2D eigenvalue weighted by atomic mass is 16.3. The van der Waals surface area contributed by atoms with E-state index in [1.807, 2.05) is 0 Å². The molecule has 1 aliphatic carbocycles. The van der Waals surface area contributed by atoms with Gasteiger partial charge in [0.1, 0.15) is 0 Å². The molecule has 17 heavy (non-hydrogen) atoms. The van der Waals surface area contributed by atoms with E-state index in [2.05, 4.69) is 33.0 Å². The van der Waals surface area contributed by atoms with Crippen LogP contribution in [0.1, 0.15) is 66.2 Å². The maximum absolute atomic E-state index is 9.72. The second-order valence-corrected chi connectivity index (χ2v) is 6.64. The molecule has 2 N–H and O–H groups in total. The smallest absolute Gasteiger partial charge is 0.0555 e. The van der Waals surface area contributed by atoms with Gasteiger partial charge >= 0.3 is 0 Å². The predicted octanol–water partition coefficient (Wildman–Crippen LogP) is 3.34. The van der Waals surface area contributed by atoms with Gasteiger partial charge in [0.15, 0.2) is 0 Å². The molecule has 1 aliphatic rings. The maximum atomic E-state index is 9.72. The van der Waals surface area contributed by atoms with E-state index in [0.29, 0.717) is 12.1 Å². The summed E-state index contributed by atoms with van der Waals surface area (Å²) in [5.41, 5.74) is 0. The first kappa shape index (κ1) is 15.0. The van der Waals surface area contributed by atoms with Gasteiger partial charge in [-0.2, -0.15) is 0 Å². The van der Waals surface area contributed by atoms with Gasteiger partial charge in [-0.15, -0.1) is 0 Å². The van der Waals surface area contributed by atoms with E-state index >= 15 is 0 Å². The van der Waals surface area contributed by atoms with Crippen molar-refractivity contribution >= 4 is 0 Å². The van der Waals surface area contributed by atoms with Crippen LogP contribution in [-0.4, -0.2) is 23.3 Å². The fourth-order valence-corrected chi connectivity index (χ4v) is 3.02. The van der Waals surface area contributed by atoms with Crippen molar-refractivity contribution in [3.63, 3.8) is 0 Å². The monoisotopic (exact) mass is 241 g/mol. The molecular weight excluding hydrogens is 210 g/mol. The molecule has 102 valence electrons. The minimum atomic E-state index is -0.0694. The second kappa shape index (κ2) is 7.38. The van der Waals surface area contributed by atoms with Crippen LogP contribution >= 0.6 is 0 Å². The van der Waals surface area contributed by atoms with E-state index < -0.39 is 0 Å². The molecule has 0 radical (unpaired) electrons. The standard InChI is InChI=1S/C15H31NO/c1-11(2)8-14(9-12(3)4)16-13-6-5-7-15(17)10-13/h11-17H,5-10H2,1-4H3. The fraction of sp³-hybridized carbons (Fsp3) is 1.00. The molecule has 2 heteroatoms. The van der Waals surface area contributed by atoms with Crippen molar-refractivity contribution in [3.05, 3.63) is 0 Å². The summed E-state index contributed by atoms with van der Waals surface area (Å²) in [7, 11) is 0. The van der Waals surface area contributed by atoms with Crippen molar-refractivity contribution in [1.82, 2.24) is 5.32 Å². The van der Waals surface area contributed by atoms with Crippen LogP contribution in [0.15, 0.2) is 0 Å². The molecule has 1 saturated carbocycles. The normalized spacial score (nSPS) is 26.1. The van der Waals surface area contributed by atoms with Gasteiger partial charge in [0.05, 0.1) is 6.10 Å². The molecule has 2 nitrogen and oxygen atoms in total. The first-order chi connectivity index (χ1) is 7.97. The molecule has 0 bridgehead atoms. The number of rotatable bonds is 6. The molecule has 1 fully saturated rings. The van der Waals surface area contributed by atoms with Gasteiger partial charge in [0.2, 0.25) is 0 Å². The fourth-order valence-electron chi connectivity index (χ4n) is 3.02. The Bertz CT molecular complexity index is 193. The van der Waals surface area contributed by atoms with Crippen molar-refractivity contribution in [2.45, 2.75) is 84.4 Å². The lowest BCUT2D eigenvalue weighted by atomic mass is 9.90. The largest absolute Gasteiger partial charge is 0.393 e. The summed E-state index contributed by atoms with van der Waals surface area (Å²) in [4.78, 5) is 0. The first-order valence-corrected chi connectivity index (χ1v) is 7.41. The average Bonchev–Trinajstić information content (AvgIpc) is 2.14. The van der Waals surface area contributed by atoms with Crippen LogP contribution < -0.4 is 5.32 Å². The lowest BCUT2D eigenvalue weighted by Gasteiger charge is -2.32. The van der Waals surface area contributed by atoms with Crippen LogP contribution in [0.5, 0.6) is 0 Å². The van der Waals surface area contributed by atoms with E-state index in [1.54, 1.807) is 0 Å². The number of hydrogen-bond donors (Lipinski definition) is 2. The molecular formula is C15H31NO. The Kier molecular flexibility index (Phi) is 6.50. The Hall–Kier alpha value is -0.0800. The highest BCUT2D eigenvalue weighted by molar-refractivity contribution is 4.82. The Morgan fingerprint density at radius 2 is 1.65 bits per heavy atom. The lowest BCUT2D eigenvalue weighted by Crippen LogP contribution is -2.43. The lowest BCUT2D eigenvalue weighted by molar-refractivity contribution is 0.106. The van der Waals surface area contributed by atoms with Gasteiger partial charge in [-0.3, -0.25) is 0 Å². The van der Waals surface area contributed by atoms with Gasteiger partial charge in [-0.05, 0) is 50.4 Å². The highest BCUT2D eigenvalue weighted by Gasteiger charge is 2.23. The molecule has 1 rings (SSSR count). The third-order valence-electron chi connectivity index (χ3n) is 3.63. The molecule has 0 heterocycles. The molecule has 0 amide bonds. The van der Waals surface area contributed by atoms with E-state index in [0.717, 1.165) is 24.7 Å². The zero-order valence-corrected chi connectivity index (χ0v) is 12.1. The van der Waals surface area contributed by atoms with Gasteiger partial charge in [-0.25, -0.2) is 0 Å². The summed E-state index contributed by atoms with van der Waals surface area (Å²) < 4.78 is 0. The summed E-state index contributed by atoms with van der Waals surface area (Å²) in [6.45, 7) is 9.19. The third kappa shape index (κ3) is 6.42. The Morgan fingerprint density at radius 3 is 2.12 bits per heavy atom. The summed E-state index contributed by atoms with van der Waals surface area (Å²) in [5.74, 6) is 1.50. The quantitative estimate of drug-likeness (QED) is 0.747. The van der Waals surface area contributed by atoms with Crippen LogP contribution in [0.4, 0.5) is 0 Å². The van der Waals surface area contributed by atoms with E-state index in [1.165, 1.54) is 25.7 Å². The van der Waals surface area contributed by atoms with Crippen LogP contribution in [0, 0.1) is 11.8 Å². The zero-order chi connectivity index (χ0) is 12.8. The predicted molar refractivity (Wildman–Crippen MR) is 74.1 cm³/mol. The maximum Gasteiger partial charge on any atom is 0.0555 e. The van der Waals surface area contributed by atoms with Crippen LogP contribution in [0.3, 0.4) is 0 Å². The van der Waals surface area contributed by atoms with Crippen LogP contribution in [-0.2, 0) is 0 Å². The van der Waals surface area contributed by atoms with Gasteiger partial charge in [0, 0.05) is 12.1 Å². The molecule has 0 aromatic heterocycles. The van der Waals surface area contributed by atoms with Crippen LogP contribution in [0.2, 0.25) is 0 Å². The molecule has 2 unspecified atom stereocenters. The number of hydrogen-bond acceptors (Lipinski definition) is 2. The van der Waals surface area contributed by atoms with Crippen molar-refractivity contribution in [3.8, 4) is 0 Å². The SMILES string of the molecule is CC(C)CC(CC(C)C)NC1CCCC(O)C1. The van der Waals surface area contributed by atoms with Gasteiger partial charge < -0.3 is 10.4 Å². The van der Waals surface area contributed by atoms with Crippen molar-refractivity contribution in [1.29, 1.82) is 0 Å². The van der Waals surface area contributed by atoms with Gasteiger partial charge in [-0.1, -0.05) is 27.7 Å². The molecule has 0 aromatic rings. The van der Waals surface area contributed by atoms with Crippen LogP contribution in [0.25, 0.3) is 0 Å². The number of nitrogens with one attached hydrogen (secondary N) is 1. The highest BCUT2D eigenvalue weighted by Crippen LogP contribution is 2.21. The molecule has 0 spiro atoms. The number of aliphatic hydroxyl groups excluding tert-OH is 1. The first-order valence-electron chi connectivity index (χ1n) is 7.41. The Morgan fingerprint density at radius 1 is 1.06 bits per heavy atom. The molecule has 0 aromatic carbocycles. The third-order valence-corrected chi connectivity index (χ3v) is 3.63. The van der Waals surface area contributed by atoms with E-state index in [9.17, 15) is 5.11 Å². The summed E-state index contributed by atoms with van der Waals surface area (Å²) in [6.07, 6.45) is 6.80. The zero-order valence-electron chi connectivity index (χ0n) is 12.1. The minimum absolute atomic E-state index is 0.0694. The van der Waals surface area contributed by atoms with E-state index in [-0.39, 0.29) is 6.10 Å². The molecule has 0 saturated heterocycles. The Labute approximate surface area is 107 Å². The topological polar surface area (TPSA) is 32.3 Å². The summed E-state index contributed by atoms with van der Waals surface area (Å²) in [5, 5.41) is 13.5. The average molecular weight is 241 g/mol. The molecule has 2 atom stereocenters. The Balaban J connectivity index is 2.40. The summed E-state index contributed by atoms with van der Waals surface area (Å²) >= 11 is 0. The van der Waals surface area contributed by atoms with Crippen molar-refractivity contribution < 1.29 is 5.11 Å². The van der Waals surface area contributed by atoms with Gasteiger partial charge in [0.25, 0.3) is 0 Å². The number of aliphatic hydroxyl groups is 1. The van der Waals surface area contributed by atoms with Crippen molar-refractivity contribution in [2.75, 3.05) is 0 Å². The van der Waals surface area contributed by atoms with E-state index in [4.69, 9.17) is 0 Å². The molecule has 0 aliphatic heterocycles. The summed E-state index contributed by atoms with van der Waals surface area (Å²) in [6, 6.07) is 1.17. The van der Waals surface area contributed by atoms with Crippen molar-refractivity contribution in [2.24, 2.45) is 11.8 Å². The minimum Gasteiger partial charge on any atom is -0.393 e.